The molecule has 0 fully saturated rings. The number of anilines is 1. The highest BCUT2D eigenvalue weighted by Gasteiger charge is 2.34. The molecule has 0 radical (unpaired) electrons. The smallest absolute Gasteiger partial charge is 0.237 e. The van der Waals surface area contributed by atoms with E-state index in [0.717, 1.165) is 11.3 Å². The molecule has 1 aromatic rings. The molecule has 2 amide bonds. The minimum atomic E-state index is -0.853. The summed E-state index contributed by atoms with van der Waals surface area (Å²) in [5.74, 6) is -0.409. The third-order valence-electron chi connectivity index (χ3n) is 3.58. The van der Waals surface area contributed by atoms with Crippen LogP contribution in [0.1, 0.15) is 31.9 Å². The van der Waals surface area contributed by atoms with Crippen LogP contribution in [0, 0.1) is 0 Å². The molecule has 0 aromatic heterocycles. The molecule has 19 heavy (non-hydrogen) atoms. The van der Waals surface area contributed by atoms with E-state index in [1.54, 1.807) is 25.8 Å². The zero-order valence-electron chi connectivity index (χ0n) is 11.4. The maximum Gasteiger partial charge on any atom is 0.237 e. The summed E-state index contributed by atoms with van der Waals surface area (Å²) >= 11 is 0. The van der Waals surface area contributed by atoms with Gasteiger partial charge in [-0.2, -0.15) is 0 Å². The zero-order valence-corrected chi connectivity index (χ0v) is 11.4. The van der Waals surface area contributed by atoms with Crippen molar-refractivity contribution in [2.24, 2.45) is 5.73 Å². The fourth-order valence-corrected chi connectivity index (χ4v) is 2.28. The molecule has 1 aliphatic heterocycles. The van der Waals surface area contributed by atoms with Crippen LogP contribution < -0.4 is 16.0 Å². The second kappa shape index (κ2) is 4.66. The number of nitrogens with two attached hydrogens (primary N) is 1. The molecule has 0 aliphatic carbocycles. The molecule has 1 aromatic carbocycles. The van der Waals surface area contributed by atoms with Crippen molar-refractivity contribution >= 4 is 17.5 Å². The molecule has 5 heteroatoms. The number of nitrogens with one attached hydrogen (secondary N) is 1. The number of primary amides is 1. The highest BCUT2D eigenvalue weighted by atomic mass is 16.2. The van der Waals surface area contributed by atoms with Crippen LogP contribution in [0.3, 0.4) is 0 Å². The summed E-state index contributed by atoms with van der Waals surface area (Å²) in [5.41, 5.74) is 6.40. The van der Waals surface area contributed by atoms with Crippen molar-refractivity contribution < 1.29 is 9.59 Å². The normalized spacial score (nSPS) is 19.2. The van der Waals surface area contributed by atoms with Gasteiger partial charge in [0.1, 0.15) is 0 Å². The van der Waals surface area contributed by atoms with Crippen LogP contribution in [-0.4, -0.2) is 24.4 Å². The van der Waals surface area contributed by atoms with E-state index < -0.39 is 11.4 Å². The van der Waals surface area contributed by atoms with E-state index >= 15 is 0 Å². The average Bonchev–Trinajstić information content (AvgIpc) is 2.35. The van der Waals surface area contributed by atoms with Gasteiger partial charge >= 0.3 is 0 Å². The van der Waals surface area contributed by atoms with Crippen LogP contribution in [0.4, 0.5) is 5.69 Å². The number of hydrogen-bond acceptors (Lipinski definition) is 3. The summed E-state index contributed by atoms with van der Waals surface area (Å²) in [6.07, 6.45) is 0.324. The molecule has 0 spiro atoms. The van der Waals surface area contributed by atoms with Crippen LogP contribution in [0.15, 0.2) is 24.3 Å². The first-order valence-electron chi connectivity index (χ1n) is 6.26. The van der Waals surface area contributed by atoms with Crippen molar-refractivity contribution in [2.45, 2.75) is 31.8 Å². The van der Waals surface area contributed by atoms with Gasteiger partial charge in [-0.25, -0.2) is 0 Å². The SMILES string of the molecule is CN1C(=O)CC(NC(C)(C)C(N)=O)c2ccccc21. The number of carbonyl (C=O) groups is 2. The van der Waals surface area contributed by atoms with E-state index in [1.165, 1.54) is 0 Å². The number of benzene rings is 1. The maximum atomic E-state index is 12.0. The molecule has 2 rings (SSSR count). The lowest BCUT2D eigenvalue weighted by Crippen LogP contribution is -2.53. The standard InChI is InChI=1S/C14H19N3O2/c1-14(2,13(15)19)16-10-8-12(18)17(3)11-7-5-4-6-9(10)11/h4-7,10,16H,8H2,1-3H3,(H2,15,19). The van der Waals surface area contributed by atoms with Crippen molar-refractivity contribution in [3.8, 4) is 0 Å². The molecule has 3 N–H and O–H groups in total. The summed E-state index contributed by atoms with van der Waals surface area (Å²) < 4.78 is 0. The molecule has 1 atom stereocenters. The highest BCUT2D eigenvalue weighted by Crippen LogP contribution is 2.34. The lowest BCUT2D eigenvalue weighted by Gasteiger charge is -2.36. The predicted octanol–water partition coefficient (Wildman–Crippen LogP) is 0.948. The molecule has 102 valence electrons. The van der Waals surface area contributed by atoms with Gasteiger partial charge in [0, 0.05) is 25.2 Å². The number of hydrogen-bond donors (Lipinski definition) is 2. The molecule has 0 saturated carbocycles. The van der Waals surface area contributed by atoms with E-state index in [4.69, 9.17) is 5.73 Å². The Labute approximate surface area is 112 Å². The van der Waals surface area contributed by atoms with Crippen molar-refractivity contribution in [3.05, 3.63) is 29.8 Å². The number of rotatable bonds is 3. The molecule has 1 unspecified atom stereocenters. The monoisotopic (exact) mass is 261 g/mol. The molecule has 0 saturated heterocycles. The Kier molecular flexibility index (Phi) is 3.32. The Bertz CT molecular complexity index is 525. The van der Waals surface area contributed by atoms with Crippen molar-refractivity contribution in [1.82, 2.24) is 5.32 Å². The summed E-state index contributed by atoms with van der Waals surface area (Å²) in [6, 6.07) is 7.49. The van der Waals surface area contributed by atoms with Gasteiger partial charge in [-0.3, -0.25) is 14.9 Å². The van der Waals surface area contributed by atoms with E-state index in [1.807, 2.05) is 24.3 Å². The first-order valence-corrected chi connectivity index (χ1v) is 6.26. The maximum absolute atomic E-state index is 12.0. The number of amides is 2. The van der Waals surface area contributed by atoms with Crippen molar-refractivity contribution in [1.29, 1.82) is 0 Å². The lowest BCUT2D eigenvalue weighted by molar-refractivity contribution is -0.124. The molecule has 1 heterocycles. The summed E-state index contributed by atoms with van der Waals surface area (Å²) in [5, 5.41) is 3.18. The Morgan fingerprint density at radius 1 is 1.42 bits per heavy atom. The second-order valence-corrected chi connectivity index (χ2v) is 5.40. The van der Waals surface area contributed by atoms with E-state index in [0.29, 0.717) is 6.42 Å². The Morgan fingerprint density at radius 2 is 2.05 bits per heavy atom. The molecular weight excluding hydrogens is 242 g/mol. The second-order valence-electron chi connectivity index (χ2n) is 5.40. The summed E-state index contributed by atoms with van der Waals surface area (Å²) in [7, 11) is 1.76. The molecule has 0 bridgehead atoms. The van der Waals surface area contributed by atoms with Crippen LogP contribution in [-0.2, 0) is 9.59 Å². The first-order chi connectivity index (χ1) is 8.83. The third-order valence-corrected chi connectivity index (χ3v) is 3.58. The molecular formula is C14H19N3O2. The topological polar surface area (TPSA) is 75.4 Å². The van der Waals surface area contributed by atoms with Crippen LogP contribution in [0.2, 0.25) is 0 Å². The number of carbonyl (C=O) groups excluding carboxylic acids is 2. The van der Waals surface area contributed by atoms with Gasteiger partial charge in [0.15, 0.2) is 0 Å². The van der Waals surface area contributed by atoms with E-state index in [2.05, 4.69) is 5.32 Å². The van der Waals surface area contributed by atoms with Gasteiger partial charge < -0.3 is 10.6 Å². The predicted molar refractivity (Wildman–Crippen MR) is 73.6 cm³/mol. The van der Waals surface area contributed by atoms with E-state index in [9.17, 15) is 9.59 Å². The molecule has 5 nitrogen and oxygen atoms in total. The van der Waals surface area contributed by atoms with E-state index in [-0.39, 0.29) is 11.9 Å². The quantitative estimate of drug-likeness (QED) is 0.850. The fourth-order valence-electron chi connectivity index (χ4n) is 2.28. The third kappa shape index (κ3) is 2.46. The minimum Gasteiger partial charge on any atom is -0.368 e. The van der Waals surface area contributed by atoms with Gasteiger partial charge in [-0.05, 0) is 25.5 Å². The average molecular weight is 261 g/mol. The minimum absolute atomic E-state index is 0.0245. The Balaban J connectivity index is 2.35. The van der Waals surface area contributed by atoms with Gasteiger partial charge in [-0.1, -0.05) is 18.2 Å². The largest absolute Gasteiger partial charge is 0.368 e. The summed E-state index contributed by atoms with van der Waals surface area (Å²) in [6.45, 7) is 3.45. The van der Waals surface area contributed by atoms with Gasteiger partial charge in [0.25, 0.3) is 0 Å². The zero-order chi connectivity index (χ0) is 14.2. The Morgan fingerprint density at radius 3 is 2.68 bits per heavy atom. The highest BCUT2D eigenvalue weighted by molar-refractivity contribution is 5.96. The van der Waals surface area contributed by atoms with Gasteiger partial charge in [0.2, 0.25) is 11.8 Å². The lowest BCUT2D eigenvalue weighted by atomic mass is 9.93. The van der Waals surface area contributed by atoms with Crippen LogP contribution in [0.5, 0.6) is 0 Å². The van der Waals surface area contributed by atoms with Crippen LogP contribution >= 0.6 is 0 Å². The van der Waals surface area contributed by atoms with Crippen molar-refractivity contribution in [2.75, 3.05) is 11.9 Å². The van der Waals surface area contributed by atoms with Crippen molar-refractivity contribution in [3.63, 3.8) is 0 Å². The van der Waals surface area contributed by atoms with Crippen LogP contribution in [0.25, 0.3) is 0 Å². The summed E-state index contributed by atoms with van der Waals surface area (Å²) in [4.78, 5) is 25.1. The van der Waals surface area contributed by atoms with Gasteiger partial charge in [-0.15, -0.1) is 0 Å². The molecule has 1 aliphatic rings. The fraction of sp³-hybridized carbons (Fsp3) is 0.429. The number of nitrogens with zero attached hydrogens (tertiary/aromatic N) is 1. The number of fused-ring (bicyclic) bond motifs is 1. The Hall–Kier alpha value is -1.88. The number of para-hydroxylation sites is 1. The first kappa shape index (κ1) is 13.5. The van der Waals surface area contributed by atoms with Gasteiger partial charge in [0.05, 0.1) is 5.54 Å².